The molecule has 0 amide bonds. The molecule has 1 heterocycles. The third-order valence-electron chi connectivity index (χ3n) is 1.60. The lowest BCUT2D eigenvalue weighted by Gasteiger charge is -2.14. The Kier molecular flexibility index (Phi) is 3.00. The molecule has 10 heavy (non-hydrogen) atoms. The van der Waals surface area contributed by atoms with Crippen molar-refractivity contribution in [1.29, 1.82) is 0 Å². The van der Waals surface area contributed by atoms with E-state index in [0.717, 1.165) is 0 Å². The SMILES string of the molecule is CCCC1SC=CN=C1C. The fourth-order valence-electron chi connectivity index (χ4n) is 0.999. The van der Waals surface area contributed by atoms with Crippen molar-refractivity contribution in [3.05, 3.63) is 11.6 Å². The summed E-state index contributed by atoms with van der Waals surface area (Å²) >= 11 is 1.88. The second-order valence-corrected chi connectivity index (χ2v) is 3.58. The molecule has 0 bridgehead atoms. The lowest BCUT2D eigenvalue weighted by Crippen LogP contribution is -2.13. The van der Waals surface area contributed by atoms with Crippen molar-refractivity contribution >= 4 is 17.5 Å². The van der Waals surface area contributed by atoms with Crippen LogP contribution >= 0.6 is 11.8 Å². The van der Waals surface area contributed by atoms with Gasteiger partial charge in [0.15, 0.2) is 0 Å². The minimum atomic E-state index is 0.648. The molecule has 1 aliphatic rings. The number of thioether (sulfide) groups is 1. The summed E-state index contributed by atoms with van der Waals surface area (Å²) in [7, 11) is 0. The first-order chi connectivity index (χ1) is 4.84. The third kappa shape index (κ3) is 1.87. The smallest absolute Gasteiger partial charge is 0.0469 e. The van der Waals surface area contributed by atoms with Crippen LogP contribution in [0.4, 0.5) is 0 Å². The third-order valence-corrected chi connectivity index (χ3v) is 2.78. The summed E-state index contributed by atoms with van der Waals surface area (Å²) < 4.78 is 0. The van der Waals surface area contributed by atoms with Gasteiger partial charge >= 0.3 is 0 Å². The van der Waals surface area contributed by atoms with Gasteiger partial charge in [0, 0.05) is 17.2 Å². The van der Waals surface area contributed by atoms with Gasteiger partial charge in [0.2, 0.25) is 0 Å². The predicted octanol–water partition coefficient (Wildman–Crippen LogP) is 2.83. The van der Waals surface area contributed by atoms with Crippen LogP contribution in [0.1, 0.15) is 26.7 Å². The van der Waals surface area contributed by atoms with Gasteiger partial charge in [0.1, 0.15) is 0 Å². The van der Waals surface area contributed by atoms with E-state index in [1.54, 1.807) is 0 Å². The highest BCUT2D eigenvalue weighted by Gasteiger charge is 2.11. The molecular formula is C8H13NS. The second-order valence-electron chi connectivity index (χ2n) is 2.47. The summed E-state index contributed by atoms with van der Waals surface area (Å²) in [5.74, 6) is 0. The molecule has 0 saturated heterocycles. The molecule has 0 aliphatic carbocycles. The molecule has 1 nitrogen and oxygen atoms in total. The fourth-order valence-corrected chi connectivity index (χ4v) is 1.95. The Balaban J connectivity index is 2.47. The van der Waals surface area contributed by atoms with E-state index < -0.39 is 0 Å². The van der Waals surface area contributed by atoms with Crippen molar-refractivity contribution in [3.8, 4) is 0 Å². The molecule has 1 rings (SSSR count). The van der Waals surface area contributed by atoms with E-state index in [1.807, 2.05) is 18.0 Å². The zero-order valence-corrected chi connectivity index (χ0v) is 7.32. The van der Waals surface area contributed by atoms with Crippen LogP contribution in [0.15, 0.2) is 16.6 Å². The zero-order valence-electron chi connectivity index (χ0n) is 6.50. The lowest BCUT2D eigenvalue weighted by atomic mass is 10.2. The molecule has 0 radical (unpaired) electrons. The Hall–Kier alpha value is -0.240. The maximum absolute atomic E-state index is 4.25. The van der Waals surface area contributed by atoms with E-state index in [-0.39, 0.29) is 0 Å². The van der Waals surface area contributed by atoms with Crippen LogP contribution in [0.2, 0.25) is 0 Å². The van der Waals surface area contributed by atoms with Crippen molar-refractivity contribution in [1.82, 2.24) is 0 Å². The predicted molar refractivity (Wildman–Crippen MR) is 48.5 cm³/mol. The highest BCUT2D eigenvalue weighted by molar-refractivity contribution is 8.03. The first kappa shape index (κ1) is 7.86. The fraction of sp³-hybridized carbons (Fsp3) is 0.625. The molecule has 1 atom stereocenters. The van der Waals surface area contributed by atoms with E-state index in [1.165, 1.54) is 18.6 Å². The van der Waals surface area contributed by atoms with Gasteiger partial charge in [-0.2, -0.15) is 0 Å². The van der Waals surface area contributed by atoms with E-state index in [4.69, 9.17) is 0 Å². The van der Waals surface area contributed by atoms with Crippen LogP contribution < -0.4 is 0 Å². The quantitative estimate of drug-likeness (QED) is 0.597. The number of hydrogen-bond acceptors (Lipinski definition) is 2. The van der Waals surface area contributed by atoms with Gasteiger partial charge in [-0.1, -0.05) is 13.3 Å². The van der Waals surface area contributed by atoms with Gasteiger partial charge in [0.25, 0.3) is 0 Å². The first-order valence-electron chi connectivity index (χ1n) is 3.69. The summed E-state index contributed by atoms with van der Waals surface area (Å²) in [5.41, 5.74) is 1.27. The Labute approximate surface area is 66.6 Å². The molecule has 0 spiro atoms. The van der Waals surface area contributed by atoms with Crippen molar-refractivity contribution < 1.29 is 0 Å². The summed E-state index contributed by atoms with van der Waals surface area (Å²) in [4.78, 5) is 4.25. The van der Waals surface area contributed by atoms with Crippen molar-refractivity contribution in [2.75, 3.05) is 0 Å². The normalized spacial score (nSPS) is 24.6. The average Bonchev–Trinajstić information content (AvgIpc) is 1.94. The van der Waals surface area contributed by atoms with Gasteiger partial charge in [-0.3, -0.25) is 4.99 Å². The van der Waals surface area contributed by atoms with Gasteiger partial charge in [0.05, 0.1) is 0 Å². The van der Waals surface area contributed by atoms with Crippen LogP contribution in [-0.4, -0.2) is 11.0 Å². The number of hydrogen-bond donors (Lipinski definition) is 0. The van der Waals surface area contributed by atoms with Crippen molar-refractivity contribution in [2.45, 2.75) is 31.9 Å². The topological polar surface area (TPSA) is 12.4 Å². The van der Waals surface area contributed by atoms with E-state index >= 15 is 0 Å². The van der Waals surface area contributed by atoms with Gasteiger partial charge in [-0.15, -0.1) is 11.8 Å². The molecule has 0 aromatic rings. The highest BCUT2D eigenvalue weighted by atomic mass is 32.2. The number of rotatable bonds is 2. The summed E-state index contributed by atoms with van der Waals surface area (Å²) in [6.45, 7) is 4.32. The second kappa shape index (κ2) is 3.81. The number of aliphatic imine (C=N–C) groups is 1. The lowest BCUT2D eigenvalue weighted by molar-refractivity contribution is 0.845. The molecule has 0 saturated carbocycles. The standard InChI is InChI=1S/C8H13NS/c1-3-4-8-7(2)9-5-6-10-8/h5-6,8H,3-4H2,1-2H3. The largest absolute Gasteiger partial charge is 0.264 e. The molecule has 0 fully saturated rings. The zero-order chi connectivity index (χ0) is 7.40. The minimum Gasteiger partial charge on any atom is -0.264 e. The molecular weight excluding hydrogens is 142 g/mol. The van der Waals surface area contributed by atoms with Crippen molar-refractivity contribution in [2.24, 2.45) is 4.99 Å². The molecule has 56 valence electrons. The van der Waals surface area contributed by atoms with Crippen molar-refractivity contribution in [3.63, 3.8) is 0 Å². The van der Waals surface area contributed by atoms with Gasteiger partial charge in [-0.25, -0.2) is 0 Å². The summed E-state index contributed by atoms with van der Waals surface area (Å²) in [6, 6.07) is 0. The van der Waals surface area contributed by atoms with E-state index in [2.05, 4.69) is 24.2 Å². The summed E-state index contributed by atoms with van der Waals surface area (Å²) in [5, 5.41) is 2.72. The first-order valence-corrected chi connectivity index (χ1v) is 4.63. The molecule has 1 aliphatic heterocycles. The average molecular weight is 155 g/mol. The molecule has 0 aromatic carbocycles. The van der Waals surface area contributed by atoms with Gasteiger partial charge < -0.3 is 0 Å². The summed E-state index contributed by atoms with van der Waals surface area (Å²) in [6.07, 6.45) is 4.38. The van der Waals surface area contributed by atoms with Crippen LogP contribution in [0, 0.1) is 0 Å². The van der Waals surface area contributed by atoms with E-state index in [0.29, 0.717) is 5.25 Å². The van der Waals surface area contributed by atoms with Crippen LogP contribution in [-0.2, 0) is 0 Å². The maximum atomic E-state index is 4.25. The molecule has 0 N–H and O–H groups in total. The van der Waals surface area contributed by atoms with Crippen LogP contribution in [0.3, 0.4) is 0 Å². The molecule has 0 aromatic heterocycles. The number of nitrogens with zero attached hydrogens (tertiary/aromatic N) is 1. The minimum absolute atomic E-state index is 0.648. The Morgan fingerprint density at radius 3 is 3.10 bits per heavy atom. The Bertz CT molecular complexity index is 161. The molecule has 2 heteroatoms. The van der Waals surface area contributed by atoms with Crippen LogP contribution in [0.25, 0.3) is 0 Å². The van der Waals surface area contributed by atoms with Crippen LogP contribution in [0.5, 0.6) is 0 Å². The van der Waals surface area contributed by atoms with Gasteiger partial charge in [-0.05, 0) is 18.8 Å². The molecule has 1 unspecified atom stereocenters. The Morgan fingerprint density at radius 1 is 1.70 bits per heavy atom. The van der Waals surface area contributed by atoms with E-state index in [9.17, 15) is 0 Å². The highest BCUT2D eigenvalue weighted by Crippen LogP contribution is 2.22. The Morgan fingerprint density at radius 2 is 2.50 bits per heavy atom. The monoisotopic (exact) mass is 155 g/mol. The maximum Gasteiger partial charge on any atom is 0.0469 e.